The minimum Gasteiger partial charge on any atom is -0.391 e. The fourth-order valence-electron chi connectivity index (χ4n) is 2.78. The summed E-state index contributed by atoms with van der Waals surface area (Å²) in [6.07, 6.45) is 3.01. The van der Waals surface area contributed by atoms with Crippen LogP contribution in [0.3, 0.4) is 0 Å². The zero-order valence-electron chi connectivity index (χ0n) is 15.0. The molecular weight excluding hydrogens is 378 g/mol. The summed E-state index contributed by atoms with van der Waals surface area (Å²) in [6.45, 7) is 1.74. The molecule has 8 nitrogen and oxygen atoms in total. The van der Waals surface area contributed by atoms with Crippen molar-refractivity contribution in [2.75, 3.05) is 26.3 Å². The first-order chi connectivity index (χ1) is 13.8. The quantitative estimate of drug-likeness (QED) is 0.463. The lowest BCUT2D eigenvalue weighted by Crippen LogP contribution is -2.47. The van der Waals surface area contributed by atoms with Gasteiger partial charge in [0.05, 0.1) is 13.2 Å². The van der Waals surface area contributed by atoms with Gasteiger partial charge in [0.25, 0.3) is 0 Å². The molecule has 1 aliphatic rings. The van der Waals surface area contributed by atoms with Crippen LogP contribution in [0.2, 0.25) is 0 Å². The van der Waals surface area contributed by atoms with E-state index >= 15 is 0 Å². The first kappa shape index (κ1) is 18.5. The fourth-order valence-corrected chi connectivity index (χ4v) is 3.44. The molecule has 28 heavy (non-hydrogen) atoms. The standard InChI is InChI=1S/C19H19N5O3S/c25-18(8-12-28-16-5-2-1-3-6-16)23-10-11-26-15(13-23)14-27-24-19-17(21-22-24)7-4-9-20-19/h1-9,12,15H,10-11,13-14H2/b12-8+. The van der Waals surface area contributed by atoms with E-state index in [9.17, 15) is 4.79 Å². The summed E-state index contributed by atoms with van der Waals surface area (Å²) in [6, 6.07) is 13.5. The van der Waals surface area contributed by atoms with Gasteiger partial charge < -0.3 is 14.5 Å². The van der Waals surface area contributed by atoms with Crippen molar-refractivity contribution in [2.24, 2.45) is 0 Å². The fraction of sp³-hybridized carbons (Fsp3) is 0.263. The van der Waals surface area contributed by atoms with E-state index in [1.165, 1.54) is 16.6 Å². The molecule has 0 bridgehead atoms. The maximum atomic E-state index is 12.4. The lowest BCUT2D eigenvalue weighted by molar-refractivity contribution is -0.136. The van der Waals surface area contributed by atoms with Crippen molar-refractivity contribution in [1.82, 2.24) is 25.0 Å². The Morgan fingerprint density at radius 2 is 2.18 bits per heavy atom. The minimum absolute atomic E-state index is 0.0374. The molecule has 1 unspecified atom stereocenters. The molecule has 0 radical (unpaired) electrons. The smallest absolute Gasteiger partial charge is 0.247 e. The molecule has 1 aromatic carbocycles. The second-order valence-electron chi connectivity index (χ2n) is 6.11. The molecule has 0 spiro atoms. The Morgan fingerprint density at radius 1 is 1.29 bits per heavy atom. The Morgan fingerprint density at radius 3 is 3.07 bits per heavy atom. The van der Waals surface area contributed by atoms with E-state index in [1.807, 2.05) is 41.8 Å². The number of amides is 1. The van der Waals surface area contributed by atoms with Gasteiger partial charge >= 0.3 is 0 Å². The summed E-state index contributed by atoms with van der Waals surface area (Å²) in [4.78, 5) is 26.4. The Bertz CT molecular complexity index is 962. The zero-order chi connectivity index (χ0) is 19.2. The Hall–Kier alpha value is -2.91. The van der Waals surface area contributed by atoms with Gasteiger partial charge in [-0.25, -0.2) is 4.98 Å². The largest absolute Gasteiger partial charge is 0.391 e. The number of aromatic nitrogens is 4. The van der Waals surface area contributed by atoms with E-state index in [0.717, 1.165) is 4.90 Å². The van der Waals surface area contributed by atoms with Crippen LogP contribution in [0.25, 0.3) is 11.2 Å². The van der Waals surface area contributed by atoms with Crippen molar-refractivity contribution in [2.45, 2.75) is 11.0 Å². The SMILES string of the molecule is O=C(/C=C/Sc1ccccc1)N1CCOC(COn2nnc3cccnc32)C1. The number of benzene rings is 1. The lowest BCUT2D eigenvalue weighted by Gasteiger charge is -2.31. The molecule has 0 aliphatic carbocycles. The second kappa shape index (κ2) is 8.85. The van der Waals surface area contributed by atoms with Gasteiger partial charge in [-0.15, -0.1) is 5.10 Å². The van der Waals surface area contributed by atoms with Gasteiger partial charge in [-0.2, -0.15) is 0 Å². The predicted octanol–water partition coefficient (Wildman–Crippen LogP) is 1.79. The molecule has 4 rings (SSSR count). The summed E-state index contributed by atoms with van der Waals surface area (Å²) in [7, 11) is 0. The number of carbonyl (C=O) groups excluding carboxylic acids is 1. The number of pyridine rings is 1. The number of hydrogen-bond acceptors (Lipinski definition) is 7. The van der Waals surface area contributed by atoms with E-state index in [0.29, 0.717) is 30.9 Å². The number of thioether (sulfide) groups is 1. The van der Waals surface area contributed by atoms with E-state index < -0.39 is 0 Å². The molecule has 1 fully saturated rings. The van der Waals surface area contributed by atoms with Gasteiger partial charge in [0.1, 0.15) is 18.2 Å². The maximum absolute atomic E-state index is 12.4. The van der Waals surface area contributed by atoms with Gasteiger partial charge in [0, 0.05) is 23.7 Å². The molecule has 144 valence electrons. The van der Waals surface area contributed by atoms with Crippen LogP contribution in [-0.2, 0) is 9.53 Å². The first-order valence-corrected chi connectivity index (χ1v) is 9.76. The van der Waals surface area contributed by atoms with Gasteiger partial charge in [0.15, 0.2) is 0 Å². The van der Waals surface area contributed by atoms with Crippen LogP contribution < -0.4 is 4.84 Å². The van der Waals surface area contributed by atoms with Crippen LogP contribution >= 0.6 is 11.8 Å². The highest BCUT2D eigenvalue weighted by atomic mass is 32.2. The van der Waals surface area contributed by atoms with Gasteiger partial charge in [-0.05, 0) is 34.9 Å². The average molecular weight is 397 g/mol. The molecule has 1 amide bonds. The first-order valence-electron chi connectivity index (χ1n) is 8.88. The minimum atomic E-state index is -0.240. The summed E-state index contributed by atoms with van der Waals surface area (Å²) in [5.41, 5.74) is 1.21. The van der Waals surface area contributed by atoms with Crippen LogP contribution in [0.5, 0.6) is 0 Å². The summed E-state index contributed by atoms with van der Waals surface area (Å²) < 4.78 is 5.71. The molecule has 0 saturated carbocycles. The Balaban J connectivity index is 1.29. The third kappa shape index (κ3) is 4.49. The van der Waals surface area contributed by atoms with Crippen LogP contribution in [0.1, 0.15) is 0 Å². The number of carbonyl (C=O) groups is 1. The van der Waals surface area contributed by atoms with Crippen molar-refractivity contribution in [3.8, 4) is 0 Å². The maximum Gasteiger partial charge on any atom is 0.247 e. The highest BCUT2D eigenvalue weighted by Gasteiger charge is 2.24. The predicted molar refractivity (Wildman–Crippen MR) is 105 cm³/mol. The third-order valence-electron chi connectivity index (χ3n) is 4.17. The van der Waals surface area contributed by atoms with Crippen LogP contribution in [0, 0.1) is 0 Å². The highest BCUT2D eigenvalue weighted by Crippen LogP contribution is 2.18. The third-order valence-corrected chi connectivity index (χ3v) is 4.99. The van der Waals surface area contributed by atoms with Gasteiger partial charge in [-0.3, -0.25) is 4.79 Å². The van der Waals surface area contributed by atoms with E-state index in [4.69, 9.17) is 9.57 Å². The topological polar surface area (TPSA) is 82.4 Å². The molecule has 1 aliphatic heterocycles. The summed E-state index contributed by atoms with van der Waals surface area (Å²) in [5.74, 6) is -0.0374. The molecule has 9 heteroatoms. The van der Waals surface area contributed by atoms with Crippen molar-refractivity contribution >= 4 is 28.8 Å². The molecule has 3 heterocycles. The molecule has 2 aromatic heterocycles. The van der Waals surface area contributed by atoms with Crippen molar-refractivity contribution < 1.29 is 14.4 Å². The van der Waals surface area contributed by atoms with E-state index in [1.54, 1.807) is 23.2 Å². The highest BCUT2D eigenvalue weighted by molar-refractivity contribution is 8.02. The summed E-state index contributed by atoms with van der Waals surface area (Å²) >= 11 is 1.51. The number of morpholine rings is 1. The molecular formula is C19H19N5O3S. The van der Waals surface area contributed by atoms with Crippen LogP contribution in [0.4, 0.5) is 0 Å². The molecule has 1 atom stereocenters. The Kier molecular flexibility index (Phi) is 5.83. The second-order valence-corrected chi connectivity index (χ2v) is 7.09. The van der Waals surface area contributed by atoms with Gasteiger partial charge in [-0.1, -0.05) is 34.8 Å². The number of ether oxygens (including phenoxy) is 1. The number of rotatable bonds is 6. The molecule has 0 N–H and O–H groups in total. The van der Waals surface area contributed by atoms with E-state index in [2.05, 4.69) is 15.3 Å². The number of hydrogen-bond donors (Lipinski definition) is 0. The van der Waals surface area contributed by atoms with Crippen molar-refractivity contribution in [3.05, 3.63) is 60.1 Å². The van der Waals surface area contributed by atoms with Crippen LogP contribution in [0.15, 0.2) is 65.0 Å². The van der Waals surface area contributed by atoms with Crippen molar-refractivity contribution in [3.63, 3.8) is 0 Å². The van der Waals surface area contributed by atoms with Gasteiger partial charge in [0.2, 0.25) is 11.6 Å². The monoisotopic (exact) mass is 397 g/mol. The summed E-state index contributed by atoms with van der Waals surface area (Å²) in [5, 5.41) is 9.74. The number of nitrogens with zero attached hydrogens (tertiary/aromatic N) is 5. The van der Waals surface area contributed by atoms with E-state index in [-0.39, 0.29) is 18.6 Å². The molecule has 1 saturated heterocycles. The van der Waals surface area contributed by atoms with Crippen LogP contribution in [-0.4, -0.2) is 63.4 Å². The lowest BCUT2D eigenvalue weighted by atomic mass is 10.3. The molecule has 3 aromatic rings. The normalized spacial score (nSPS) is 17.3. The Labute approximate surface area is 166 Å². The average Bonchev–Trinajstić information content (AvgIpc) is 3.16. The zero-order valence-corrected chi connectivity index (χ0v) is 15.9. The number of fused-ring (bicyclic) bond motifs is 1. The van der Waals surface area contributed by atoms with Crippen molar-refractivity contribution in [1.29, 1.82) is 0 Å².